The molecule has 1 aliphatic carbocycles. The fraction of sp³-hybridized carbons (Fsp3) is 0.333. The molecule has 154 valence electrons. The molecule has 5 rings (SSSR count). The van der Waals surface area contributed by atoms with Crippen LogP contribution in [-0.2, 0) is 0 Å². The number of rotatable bonds is 3. The minimum absolute atomic E-state index is 0.240. The van der Waals surface area contributed by atoms with Crippen molar-refractivity contribution >= 4 is 16.9 Å². The molecule has 3 N–H and O–H groups in total. The quantitative estimate of drug-likeness (QED) is 0.584. The Bertz CT molecular complexity index is 1160. The number of hydrogen-bond donors (Lipinski definition) is 3. The Morgan fingerprint density at radius 3 is 2.70 bits per heavy atom. The van der Waals surface area contributed by atoms with Crippen LogP contribution >= 0.6 is 0 Å². The maximum Gasteiger partial charge on any atom is 0.344 e. The van der Waals surface area contributed by atoms with Gasteiger partial charge in [0.05, 0.1) is 17.7 Å². The molecule has 1 saturated heterocycles. The van der Waals surface area contributed by atoms with E-state index >= 15 is 0 Å². The van der Waals surface area contributed by atoms with Crippen LogP contribution in [0.3, 0.4) is 0 Å². The molecule has 0 unspecified atom stereocenters. The van der Waals surface area contributed by atoms with Gasteiger partial charge in [-0.15, -0.1) is 0 Å². The predicted octanol–water partition coefficient (Wildman–Crippen LogP) is 2.55. The smallest absolute Gasteiger partial charge is 0.344 e. The maximum atomic E-state index is 12.9. The van der Waals surface area contributed by atoms with Gasteiger partial charge in [-0.1, -0.05) is 30.3 Å². The molecule has 1 aliphatic heterocycles. The Morgan fingerprint density at radius 1 is 1.03 bits per heavy atom. The van der Waals surface area contributed by atoms with E-state index < -0.39 is 11.7 Å². The molecule has 2 heterocycles. The number of para-hydroxylation sites is 1. The van der Waals surface area contributed by atoms with Crippen LogP contribution < -0.4 is 16.3 Å². The lowest BCUT2D eigenvalue weighted by Gasteiger charge is -2.35. The average Bonchev–Trinajstić information content (AvgIpc) is 3.20. The first kappa shape index (κ1) is 19.0. The Hall–Kier alpha value is -2.96. The van der Waals surface area contributed by atoms with Crippen molar-refractivity contribution in [2.45, 2.75) is 25.0 Å². The van der Waals surface area contributed by atoms with Crippen LogP contribution in [0.15, 0.2) is 63.8 Å². The van der Waals surface area contributed by atoms with Crippen LogP contribution in [-0.4, -0.2) is 36.2 Å². The third-order valence-corrected chi connectivity index (χ3v) is 6.44. The molecule has 2 fully saturated rings. The summed E-state index contributed by atoms with van der Waals surface area (Å²) in [6, 6.07) is 15.8. The molecular formula is C24H24N2O4. The molecule has 0 spiro atoms. The number of carbonyl (C=O) groups excluding carboxylic acids is 1. The normalized spacial score (nSPS) is 25.8. The first-order chi connectivity index (χ1) is 14.6. The Kier molecular flexibility index (Phi) is 4.89. The molecule has 1 amide bonds. The van der Waals surface area contributed by atoms with Crippen LogP contribution in [0.2, 0.25) is 0 Å². The highest BCUT2D eigenvalue weighted by Crippen LogP contribution is 2.33. The number of aliphatic hydroxyl groups excluding tert-OH is 1. The summed E-state index contributed by atoms with van der Waals surface area (Å²) < 4.78 is 5.43. The van der Waals surface area contributed by atoms with Crippen molar-refractivity contribution in [1.82, 2.24) is 10.6 Å². The minimum Gasteiger partial charge on any atom is -0.422 e. The van der Waals surface area contributed by atoms with Gasteiger partial charge in [-0.05, 0) is 67.6 Å². The summed E-state index contributed by atoms with van der Waals surface area (Å²) in [7, 11) is 0. The highest BCUT2D eigenvalue weighted by Gasteiger charge is 2.39. The number of aliphatic hydroxyl groups is 1. The zero-order chi connectivity index (χ0) is 20.7. The third-order valence-electron chi connectivity index (χ3n) is 6.44. The zero-order valence-electron chi connectivity index (χ0n) is 16.5. The van der Waals surface area contributed by atoms with Gasteiger partial charge in [-0.25, -0.2) is 4.79 Å². The van der Waals surface area contributed by atoms with E-state index in [1.807, 2.05) is 18.2 Å². The largest absolute Gasteiger partial charge is 0.422 e. The van der Waals surface area contributed by atoms with Crippen molar-refractivity contribution in [3.8, 4) is 11.1 Å². The Morgan fingerprint density at radius 2 is 1.83 bits per heavy atom. The summed E-state index contributed by atoms with van der Waals surface area (Å²) in [6.45, 7) is 1.88. The van der Waals surface area contributed by atoms with Gasteiger partial charge >= 0.3 is 5.63 Å². The summed E-state index contributed by atoms with van der Waals surface area (Å²) >= 11 is 0. The Balaban J connectivity index is 1.39. The Labute approximate surface area is 173 Å². The topological polar surface area (TPSA) is 91.6 Å². The first-order valence-corrected chi connectivity index (χ1v) is 10.4. The predicted molar refractivity (Wildman–Crippen MR) is 114 cm³/mol. The molecule has 0 bridgehead atoms. The molecule has 6 nitrogen and oxygen atoms in total. The van der Waals surface area contributed by atoms with Crippen molar-refractivity contribution in [1.29, 1.82) is 0 Å². The van der Waals surface area contributed by atoms with Gasteiger partial charge in [0.2, 0.25) is 0 Å². The lowest BCUT2D eigenvalue weighted by molar-refractivity contribution is 0.0462. The number of amides is 1. The molecular weight excluding hydrogens is 380 g/mol. The van der Waals surface area contributed by atoms with E-state index in [0.717, 1.165) is 24.9 Å². The van der Waals surface area contributed by atoms with Crippen LogP contribution in [0.25, 0.3) is 22.1 Å². The van der Waals surface area contributed by atoms with Crippen LogP contribution in [0, 0.1) is 11.8 Å². The number of fused-ring (bicyclic) bond motifs is 2. The summed E-state index contributed by atoms with van der Waals surface area (Å²) in [5.74, 6) is 0.742. The molecule has 3 aromatic rings. The maximum absolute atomic E-state index is 12.9. The van der Waals surface area contributed by atoms with E-state index in [9.17, 15) is 14.7 Å². The lowest BCUT2D eigenvalue weighted by atomic mass is 9.77. The standard InChI is InChI=1S/C24H24N2O4/c27-21-11-18-13-25-12-17(18)10-20(21)26-23(28)16-6-3-5-14(8-16)19-9-15-4-1-2-7-22(15)30-24(19)29/h1-9,17-18,20-21,25,27H,10-13H2,(H,26,28)/t17-,18+,20-,21-/m0/s1. The summed E-state index contributed by atoms with van der Waals surface area (Å²) in [5, 5.41) is 17.7. The molecule has 2 aromatic carbocycles. The van der Waals surface area contributed by atoms with E-state index in [-0.39, 0.29) is 11.9 Å². The van der Waals surface area contributed by atoms with Gasteiger partial charge < -0.3 is 20.2 Å². The third kappa shape index (κ3) is 3.53. The molecule has 2 aliphatic rings. The summed E-state index contributed by atoms with van der Waals surface area (Å²) in [6.07, 6.45) is 0.949. The second-order valence-electron chi connectivity index (χ2n) is 8.36. The SMILES string of the molecule is O=C(N[C@H]1C[C@H]2CNC[C@H]2C[C@@H]1O)c1cccc(-c2cc3ccccc3oc2=O)c1. The van der Waals surface area contributed by atoms with E-state index in [2.05, 4.69) is 10.6 Å². The van der Waals surface area contributed by atoms with Crippen LogP contribution in [0.4, 0.5) is 0 Å². The molecule has 30 heavy (non-hydrogen) atoms. The first-order valence-electron chi connectivity index (χ1n) is 10.4. The van der Waals surface area contributed by atoms with E-state index in [4.69, 9.17) is 4.42 Å². The number of benzene rings is 2. The van der Waals surface area contributed by atoms with Crippen LogP contribution in [0.5, 0.6) is 0 Å². The van der Waals surface area contributed by atoms with E-state index in [0.29, 0.717) is 40.5 Å². The lowest BCUT2D eigenvalue weighted by Crippen LogP contribution is -2.49. The average molecular weight is 404 g/mol. The van der Waals surface area contributed by atoms with Gasteiger partial charge in [0.1, 0.15) is 5.58 Å². The van der Waals surface area contributed by atoms with Gasteiger partial charge in [-0.3, -0.25) is 4.79 Å². The van der Waals surface area contributed by atoms with Gasteiger partial charge in [0, 0.05) is 10.9 Å². The van der Waals surface area contributed by atoms with Crippen molar-refractivity contribution in [2.75, 3.05) is 13.1 Å². The fourth-order valence-electron chi connectivity index (χ4n) is 4.79. The second-order valence-corrected chi connectivity index (χ2v) is 8.36. The number of nitrogens with one attached hydrogen (secondary N) is 2. The van der Waals surface area contributed by atoms with Crippen LogP contribution in [0.1, 0.15) is 23.2 Å². The van der Waals surface area contributed by atoms with Gasteiger partial charge in [0.25, 0.3) is 5.91 Å². The summed E-state index contributed by atoms with van der Waals surface area (Å²) in [4.78, 5) is 25.4. The fourth-order valence-corrected chi connectivity index (χ4v) is 4.79. The number of hydrogen-bond acceptors (Lipinski definition) is 5. The molecule has 1 aromatic heterocycles. The highest BCUT2D eigenvalue weighted by atomic mass is 16.4. The molecule has 6 heteroatoms. The van der Waals surface area contributed by atoms with Gasteiger partial charge in [0.15, 0.2) is 0 Å². The van der Waals surface area contributed by atoms with E-state index in [1.165, 1.54) is 0 Å². The summed E-state index contributed by atoms with van der Waals surface area (Å²) in [5.41, 5.74) is 1.60. The second kappa shape index (κ2) is 7.70. The molecule has 4 atom stereocenters. The van der Waals surface area contributed by atoms with Crippen molar-refractivity contribution < 1.29 is 14.3 Å². The number of carbonyl (C=O) groups is 1. The minimum atomic E-state index is -0.536. The zero-order valence-corrected chi connectivity index (χ0v) is 16.5. The molecule has 0 radical (unpaired) electrons. The highest BCUT2D eigenvalue weighted by molar-refractivity contribution is 5.96. The molecule has 1 saturated carbocycles. The van der Waals surface area contributed by atoms with Crippen molar-refractivity contribution in [3.05, 3.63) is 70.6 Å². The van der Waals surface area contributed by atoms with Crippen molar-refractivity contribution in [2.24, 2.45) is 11.8 Å². The monoisotopic (exact) mass is 404 g/mol. The van der Waals surface area contributed by atoms with E-state index in [1.54, 1.807) is 36.4 Å². The van der Waals surface area contributed by atoms with Crippen molar-refractivity contribution in [3.63, 3.8) is 0 Å². The van der Waals surface area contributed by atoms with Gasteiger partial charge in [-0.2, -0.15) is 0 Å².